The molecule has 0 aromatic heterocycles. The Kier molecular flexibility index (Phi) is 4.57. The van der Waals surface area contributed by atoms with E-state index in [9.17, 15) is 9.59 Å². The fourth-order valence-corrected chi connectivity index (χ4v) is 0.935. The van der Waals surface area contributed by atoms with Gasteiger partial charge in [0.2, 0.25) is 0 Å². The zero-order valence-electron chi connectivity index (χ0n) is 5.78. The molecule has 0 rings (SSSR count). The van der Waals surface area contributed by atoms with Crippen LogP contribution in [-0.4, -0.2) is 39.0 Å². The second-order valence-electron chi connectivity index (χ2n) is 1.79. The molecule has 0 aliphatic rings. The van der Waals surface area contributed by atoms with Crippen molar-refractivity contribution < 1.29 is 14.7 Å². The van der Waals surface area contributed by atoms with E-state index >= 15 is 0 Å². The van der Waals surface area contributed by atoms with E-state index in [1.807, 2.05) is 0 Å². The van der Waals surface area contributed by atoms with Gasteiger partial charge in [0.25, 0.3) is 0 Å². The van der Waals surface area contributed by atoms with Crippen LogP contribution in [0.1, 0.15) is 0 Å². The number of aliphatic carboxylic acids is 1. The number of hydrogen-bond donors (Lipinski definition) is 2. The normalized spacial score (nSPS) is 11.7. The van der Waals surface area contributed by atoms with Gasteiger partial charge in [0.15, 0.2) is 0 Å². The van der Waals surface area contributed by atoms with Crippen LogP contribution in [0.3, 0.4) is 0 Å². The first-order valence-electron chi connectivity index (χ1n) is 2.88. The van der Waals surface area contributed by atoms with Crippen molar-refractivity contribution in [2.75, 3.05) is 0 Å². The van der Waals surface area contributed by atoms with Gasteiger partial charge in [-0.25, -0.2) is 0 Å². The van der Waals surface area contributed by atoms with E-state index < -0.39 is 17.9 Å². The topological polar surface area (TPSA) is 66.4 Å². The monoisotopic (exact) mass is 223 g/mol. The molecule has 2 N–H and O–H groups in total. The van der Waals surface area contributed by atoms with Crippen LogP contribution in [0.15, 0.2) is 12.7 Å². The predicted octanol–water partition coefficient (Wildman–Crippen LogP) is -0.939. The zero-order chi connectivity index (χ0) is 8.85. The van der Waals surface area contributed by atoms with E-state index in [-0.39, 0.29) is 0 Å². The van der Waals surface area contributed by atoms with Crippen molar-refractivity contribution >= 4 is 27.9 Å². The van der Waals surface area contributed by atoms with Crippen LogP contribution in [0.4, 0.5) is 0 Å². The molecular weight excluding hydrogens is 213 g/mol. The molecule has 0 aromatic rings. The van der Waals surface area contributed by atoms with Gasteiger partial charge in [-0.3, -0.25) is 0 Å². The SMILES string of the molecule is C=CC(=O)NC(C[SeH])C(=O)O. The number of carbonyl (C=O) groups excluding carboxylic acids is 1. The van der Waals surface area contributed by atoms with Gasteiger partial charge in [-0.1, -0.05) is 0 Å². The molecule has 0 saturated carbocycles. The third-order valence-electron chi connectivity index (χ3n) is 0.983. The van der Waals surface area contributed by atoms with Crippen LogP contribution in [0, 0.1) is 0 Å². The van der Waals surface area contributed by atoms with Gasteiger partial charge in [0.05, 0.1) is 0 Å². The van der Waals surface area contributed by atoms with Gasteiger partial charge in [-0.2, -0.15) is 0 Å². The molecule has 5 heteroatoms. The van der Waals surface area contributed by atoms with E-state index in [0.717, 1.165) is 6.08 Å². The summed E-state index contributed by atoms with van der Waals surface area (Å²) >= 11 is 2.10. The fourth-order valence-electron chi connectivity index (χ4n) is 0.416. The number of carbonyl (C=O) groups is 2. The molecule has 0 aliphatic heterocycles. The van der Waals surface area contributed by atoms with E-state index in [1.54, 1.807) is 0 Å². The van der Waals surface area contributed by atoms with Gasteiger partial charge < -0.3 is 0 Å². The Bertz CT molecular complexity index is 181. The maximum atomic E-state index is 10.6. The molecule has 0 spiro atoms. The molecule has 0 aliphatic carbocycles. The summed E-state index contributed by atoms with van der Waals surface area (Å²) in [7, 11) is 0. The Morgan fingerprint density at radius 1 is 1.73 bits per heavy atom. The molecule has 0 heterocycles. The van der Waals surface area contributed by atoms with E-state index in [4.69, 9.17) is 5.11 Å². The average molecular weight is 222 g/mol. The molecule has 4 nitrogen and oxygen atoms in total. The first kappa shape index (κ1) is 10.2. The minimum atomic E-state index is -1.04. The second kappa shape index (κ2) is 4.93. The van der Waals surface area contributed by atoms with Gasteiger partial charge in [0, 0.05) is 0 Å². The van der Waals surface area contributed by atoms with Crippen molar-refractivity contribution in [3.8, 4) is 0 Å². The Balaban J connectivity index is 3.97. The molecule has 1 unspecified atom stereocenters. The van der Waals surface area contributed by atoms with Crippen molar-refractivity contribution in [1.82, 2.24) is 5.32 Å². The second-order valence-corrected chi connectivity index (χ2v) is 2.55. The molecule has 0 radical (unpaired) electrons. The summed E-state index contributed by atoms with van der Waals surface area (Å²) in [5, 5.41) is 11.0. The van der Waals surface area contributed by atoms with Gasteiger partial charge in [-0.15, -0.1) is 0 Å². The fraction of sp³-hybridized carbons (Fsp3) is 0.333. The van der Waals surface area contributed by atoms with Crippen LogP contribution < -0.4 is 5.32 Å². The van der Waals surface area contributed by atoms with Gasteiger partial charge in [-0.05, 0) is 0 Å². The molecule has 1 atom stereocenters. The van der Waals surface area contributed by atoms with Crippen molar-refractivity contribution in [1.29, 1.82) is 0 Å². The summed E-state index contributed by atoms with van der Waals surface area (Å²) in [6.07, 6.45) is 1.04. The van der Waals surface area contributed by atoms with Crippen LogP contribution in [0.25, 0.3) is 0 Å². The van der Waals surface area contributed by atoms with E-state index in [1.165, 1.54) is 0 Å². The number of hydrogen-bond acceptors (Lipinski definition) is 2. The van der Waals surface area contributed by atoms with E-state index in [2.05, 4.69) is 27.9 Å². The minimum absolute atomic E-state index is 0.307. The molecule has 0 aromatic carbocycles. The van der Waals surface area contributed by atoms with Gasteiger partial charge >= 0.3 is 71.9 Å². The van der Waals surface area contributed by atoms with Crippen molar-refractivity contribution in [3.63, 3.8) is 0 Å². The summed E-state index contributed by atoms with van der Waals surface area (Å²) in [6.45, 7) is 3.20. The van der Waals surface area contributed by atoms with Crippen LogP contribution in [-0.2, 0) is 9.59 Å². The van der Waals surface area contributed by atoms with Crippen molar-refractivity contribution in [3.05, 3.63) is 12.7 Å². The Labute approximate surface area is 72.5 Å². The number of carboxylic acids is 1. The summed E-state index contributed by atoms with van der Waals surface area (Å²) in [5.74, 6) is -1.51. The number of rotatable bonds is 4. The van der Waals surface area contributed by atoms with Gasteiger partial charge in [0.1, 0.15) is 0 Å². The standard InChI is InChI=1S/C6H9NO3Se/c1-2-5(8)7-4(3-11)6(9)10/h2,4,11H,1,3H2,(H,7,8)(H,9,10). The van der Waals surface area contributed by atoms with Crippen LogP contribution in [0.2, 0.25) is 5.32 Å². The Hall–Kier alpha value is -0.801. The van der Waals surface area contributed by atoms with Crippen molar-refractivity contribution in [2.45, 2.75) is 11.4 Å². The summed E-state index contributed by atoms with van der Waals surface area (Å²) in [6, 6.07) is -0.833. The van der Waals surface area contributed by atoms with E-state index in [0.29, 0.717) is 5.32 Å². The number of nitrogens with one attached hydrogen (secondary N) is 1. The summed E-state index contributed by atoms with van der Waals surface area (Å²) in [5.41, 5.74) is 0. The first-order chi connectivity index (χ1) is 5.11. The molecule has 62 valence electrons. The molecule has 0 saturated heterocycles. The quantitative estimate of drug-likeness (QED) is 0.476. The molecule has 0 bridgehead atoms. The number of carboxylic acid groups (broad SMARTS) is 1. The maximum absolute atomic E-state index is 10.6. The predicted molar refractivity (Wildman–Crippen MR) is 41.7 cm³/mol. The van der Waals surface area contributed by atoms with Crippen LogP contribution in [0.5, 0.6) is 0 Å². The van der Waals surface area contributed by atoms with Crippen molar-refractivity contribution in [2.24, 2.45) is 0 Å². The zero-order valence-corrected chi connectivity index (χ0v) is 7.66. The first-order valence-corrected chi connectivity index (χ1v) is 4.21. The Morgan fingerprint density at radius 3 is 2.55 bits per heavy atom. The summed E-state index contributed by atoms with van der Waals surface area (Å²) in [4.78, 5) is 20.9. The Morgan fingerprint density at radius 2 is 2.27 bits per heavy atom. The summed E-state index contributed by atoms with van der Waals surface area (Å²) < 4.78 is 0. The third kappa shape index (κ3) is 3.80. The molecule has 11 heavy (non-hydrogen) atoms. The molecule has 1 amide bonds. The average Bonchev–Trinajstić information content (AvgIpc) is 1.99. The third-order valence-corrected chi connectivity index (χ3v) is 1.75. The number of amides is 1. The molecular formula is C6H9NO3Se. The molecule has 0 fully saturated rings. The van der Waals surface area contributed by atoms with Crippen LogP contribution >= 0.6 is 0 Å².